The first kappa shape index (κ1) is 20.2. The lowest BCUT2D eigenvalue weighted by Crippen LogP contribution is -2.45. The number of methoxy groups -OCH3 is 1. The van der Waals surface area contributed by atoms with Gasteiger partial charge in [-0.3, -0.25) is 4.79 Å². The maximum atomic E-state index is 12.8. The maximum Gasteiger partial charge on any atom is 0.233 e. The Morgan fingerprint density at radius 2 is 1.81 bits per heavy atom. The number of nitrogens with zero attached hydrogens (tertiary/aromatic N) is 5. The first-order chi connectivity index (χ1) is 12.5. The molecule has 0 saturated heterocycles. The minimum absolute atomic E-state index is 0.114. The van der Waals surface area contributed by atoms with Crippen LogP contribution in [0.5, 0.6) is 5.75 Å². The number of thioether (sulfide) groups is 1. The van der Waals surface area contributed by atoms with Crippen molar-refractivity contribution in [1.29, 1.82) is 0 Å². The normalized spacial score (nSPS) is 13.3. The average molecular weight is 378 g/mol. The van der Waals surface area contributed by atoms with Crippen molar-refractivity contribution in [2.24, 2.45) is 0 Å². The summed E-state index contributed by atoms with van der Waals surface area (Å²) in [6, 6.07) is 7.90. The molecule has 0 radical (unpaired) electrons. The van der Waals surface area contributed by atoms with Crippen molar-refractivity contribution in [3.63, 3.8) is 0 Å². The molecule has 1 aromatic heterocycles. The lowest BCUT2D eigenvalue weighted by atomic mass is 10.1. The van der Waals surface area contributed by atoms with Crippen LogP contribution in [0.4, 0.5) is 0 Å². The Kier molecular flexibility index (Phi) is 7.44. The van der Waals surface area contributed by atoms with Gasteiger partial charge >= 0.3 is 0 Å². The van der Waals surface area contributed by atoms with E-state index in [2.05, 4.69) is 43.2 Å². The maximum absolute atomic E-state index is 12.8. The fourth-order valence-corrected chi connectivity index (χ4v) is 3.43. The second-order valence-electron chi connectivity index (χ2n) is 6.18. The second-order valence-corrected chi connectivity index (χ2v) is 7.12. The molecule has 2 rings (SSSR count). The predicted molar refractivity (Wildman–Crippen MR) is 103 cm³/mol. The quantitative estimate of drug-likeness (QED) is 0.625. The smallest absolute Gasteiger partial charge is 0.233 e. The van der Waals surface area contributed by atoms with Gasteiger partial charge in [-0.1, -0.05) is 25.6 Å². The SMILES string of the molecule is CC[C@H](C)N(C(=O)CSc1nnnn1-c1ccc(OC)cc1)[C@@H](C)CC. The summed E-state index contributed by atoms with van der Waals surface area (Å²) >= 11 is 1.36. The predicted octanol–water partition coefficient (Wildman–Crippen LogP) is 3.19. The van der Waals surface area contributed by atoms with E-state index in [0.717, 1.165) is 24.3 Å². The highest BCUT2D eigenvalue weighted by Gasteiger charge is 2.24. The van der Waals surface area contributed by atoms with Crippen molar-refractivity contribution >= 4 is 17.7 Å². The third kappa shape index (κ3) is 4.75. The molecule has 1 heterocycles. The van der Waals surface area contributed by atoms with Crippen molar-refractivity contribution < 1.29 is 9.53 Å². The average Bonchev–Trinajstić information content (AvgIpc) is 3.14. The van der Waals surface area contributed by atoms with Gasteiger partial charge in [-0.2, -0.15) is 4.68 Å². The van der Waals surface area contributed by atoms with Gasteiger partial charge in [0, 0.05) is 12.1 Å². The van der Waals surface area contributed by atoms with E-state index in [-0.39, 0.29) is 18.0 Å². The van der Waals surface area contributed by atoms with Crippen molar-refractivity contribution in [3.05, 3.63) is 24.3 Å². The number of hydrogen-bond acceptors (Lipinski definition) is 6. The Labute approximate surface area is 159 Å². The Bertz CT molecular complexity index is 694. The standard InChI is InChI=1S/C18H27N5O2S/c1-6-13(3)22(14(4)7-2)17(24)12-26-18-19-20-21-23(18)15-8-10-16(25-5)11-9-15/h8-11,13-14H,6-7,12H2,1-5H3/t13-,14-/m0/s1. The number of tetrazole rings is 1. The molecule has 0 N–H and O–H groups in total. The number of rotatable bonds is 9. The van der Waals surface area contributed by atoms with Gasteiger partial charge in [0.2, 0.25) is 11.1 Å². The highest BCUT2D eigenvalue weighted by atomic mass is 32.2. The summed E-state index contributed by atoms with van der Waals surface area (Å²) in [5.74, 6) is 1.19. The molecule has 7 nitrogen and oxygen atoms in total. The Morgan fingerprint density at radius 1 is 1.19 bits per heavy atom. The van der Waals surface area contributed by atoms with E-state index >= 15 is 0 Å². The minimum atomic E-state index is 0.114. The van der Waals surface area contributed by atoms with Crippen LogP contribution in [0.3, 0.4) is 0 Å². The molecule has 0 aliphatic heterocycles. The molecule has 0 fully saturated rings. The van der Waals surface area contributed by atoms with Crippen molar-refractivity contribution in [1.82, 2.24) is 25.1 Å². The molecule has 26 heavy (non-hydrogen) atoms. The van der Waals surface area contributed by atoms with Gasteiger partial charge in [0.05, 0.1) is 18.6 Å². The van der Waals surface area contributed by atoms with E-state index in [1.54, 1.807) is 11.8 Å². The molecule has 142 valence electrons. The Balaban J connectivity index is 2.09. The number of benzene rings is 1. The molecule has 1 aromatic carbocycles. The molecular weight excluding hydrogens is 350 g/mol. The van der Waals surface area contributed by atoms with Gasteiger partial charge in [-0.05, 0) is 61.4 Å². The highest BCUT2D eigenvalue weighted by Crippen LogP contribution is 2.22. The zero-order chi connectivity index (χ0) is 19.1. The number of amides is 1. The van der Waals surface area contributed by atoms with Crippen LogP contribution in [0.1, 0.15) is 40.5 Å². The molecule has 0 bridgehead atoms. The zero-order valence-electron chi connectivity index (χ0n) is 16.0. The van der Waals surface area contributed by atoms with Gasteiger partial charge in [-0.25, -0.2) is 0 Å². The monoisotopic (exact) mass is 377 g/mol. The lowest BCUT2D eigenvalue weighted by Gasteiger charge is -2.34. The van der Waals surface area contributed by atoms with Crippen molar-refractivity contribution in [2.45, 2.75) is 57.8 Å². The summed E-state index contributed by atoms with van der Waals surface area (Å²) in [6.45, 7) is 8.39. The van der Waals surface area contributed by atoms with Gasteiger partial charge in [0.1, 0.15) is 5.75 Å². The van der Waals surface area contributed by atoms with Gasteiger partial charge in [0.15, 0.2) is 0 Å². The molecule has 0 spiro atoms. The fraction of sp³-hybridized carbons (Fsp3) is 0.556. The van der Waals surface area contributed by atoms with Crippen molar-refractivity contribution in [2.75, 3.05) is 12.9 Å². The van der Waals surface area contributed by atoms with Crippen LogP contribution in [0.15, 0.2) is 29.4 Å². The molecule has 1 amide bonds. The summed E-state index contributed by atoms with van der Waals surface area (Å²) in [7, 11) is 1.62. The number of carbonyl (C=O) groups is 1. The van der Waals surface area contributed by atoms with E-state index in [4.69, 9.17) is 4.74 Å². The summed E-state index contributed by atoms with van der Waals surface area (Å²) in [5, 5.41) is 12.4. The molecule has 0 unspecified atom stereocenters. The van der Waals surface area contributed by atoms with E-state index in [0.29, 0.717) is 10.9 Å². The van der Waals surface area contributed by atoms with E-state index in [9.17, 15) is 4.79 Å². The molecule has 2 atom stereocenters. The molecule has 0 aliphatic rings. The van der Waals surface area contributed by atoms with Crippen molar-refractivity contribution in [3.8, 4) is 11.4 Å². The number of hydrogen-bond donors (Lipinski definition) is 0. The highest BCUT2D eigenvalue weighted by molar-refractivity contribution is 7.99. The number of carbonyl (C=O) groups excluding carboxylic acids is 1. The van der Waals surface area contributed by atoms with Crippen LogP contribution in [0.25, 0.3) is 5.69 Å². The first-order valence-corrected chi connectivity index (χ1v) is 9.87. The number of ether oxygens (including phenoxy) is 1. The third-order valence-corrected chi connectivity index (χ3v) is 5.41. The molecular formula is C18H27N5O2S. The van der Waals surface area contributed by atoms with Crippen LogP contribution in [0.2, 0.25) is 0 Å². The fourth-order valence-electron chi connectivity index (χ4n) is 2.67. The van der Waals surface area contributed by atoms with E-state index in [1.165, 1.54) is 11.8 Å². The van der Waals surface area contributed by atoms with E-state index < -0.39 is 0 Å². The van der Waals surface area contributed by atoms with Gasteiger partial charge in [-0.15, -0.1) is 5.10 Å². The summed E-state index contributed by atoms with van der Waals surface area (Å²) in [4.78, 5) is 14.8. The largest absolute Gasteiger partial charge is 0.497 e. The molecule has 2 aromatic rings. The lowest BCUT2D eigenvalue weighted by molar-refractivity contribution is -0.132. The van der Waals surface area contributed by atoms with Crippen LogP contribution in [-0.4, -0.2) is 56.0 Å². The van der Waals surface area contributed by atoms with E-state index in [1.807, 2.05) is 29.2 Å². The second kappa shape index (κ2) is 9.56. The van der Waals surface area contributed by atoms with Gasteiger partial charge in [0.25, 0.3) is 0 Å². The topological polar surface area (TPSA) is 73.1 Å². The van der Waals surface area contributed by atoms with Crippen LogP contribution in [0, 0.1) is 0 Å². The van der Waals surface area contributed by atoms with Crippen LogP contribution in [-0.2, 0) is 4.79 Å². The summed E-state index contributed by atoms with van der Waals surface area (Å²) in [6.07, 6.45) is 1.87. The van der Waals surface area contributed by atoms with Crippen LogP contribution >= 0.6 is 11.8 Å². The van der Waals surface area contributed by atoms with Gasteiger partial charge < -0.3 is 9.64 Å². The molecule has 0 aliphatic carbocycles. The molecule has 8 heteroatoms. The zero-order valence-corrected chi connectivity index (χ0v) is 16.9. The minimum Gasteiger partial charge on any atom is -0.497 e. The Hall–Kier alpha value is -2.09. The molecule has 0 saturated carbocycles. The number of aromatic nitrogens is 4. The first-order valence-electron chi connectivity index (χ1n) is 8.88. The third-order valence-electron chi connectivity index (χ3n) is 4.50. The Morgan fingerprint density at radius 3 is 2.35 bits per heavy atom. The summed E-state index contributed by atoms with van der Waals surface area (Å²) in [5.41, 5.74) is 0.825. The summed E-state index contributed by atoms with van der Waals surface area (Å²) < 4.78 is 6.80. The van der Waals surface area contributed by atoms with Crippen LogP contribution < -0.4 is 4.74 Å².